The summed E-state index contributed by atoms with van der Waals surface area (Å²) in [6.07, 6.45) is 2.52. The number of rotatable bonds is 4. The van der Waals surface area contributed by atoms with Crippen molar-refractivity contribution in [2.45, 2.75) is 13.3 Å². The lowest BCUT2D eigenvalue weighted by atomic mass is 10.1. The third-order valence-corrected chi connectivity index (χ3v) is 4.16. The minimum atomic E-state index is -0.0419. The summed E-state index contributed by atoms with van der Waals surface area (Å²) in [5.41, 5.74) is 4.06. The van der Waals surface area contributed by atoms with Gasteiger partial charge in [-0.1, -0.05) is 12.1 Å². The molecule has 6 heteroatoms. The van der Waals surface area contributed by atoms with Crippen LogP contribution in [0.3, 0.4) is 0 Å². The molecule has 1 aromatic carbocycles. The standard InChI is InChI=1S/C19H18N4O2/c1-2-25-17-6-4-3-5-12(17)18-20-9-8-15(23-18)16-11-13-14(22-16)7-10-21-19(13)24/h3-6,8-9,11,22H,2,7,10H2,1H3,(H,21,24). The number of H-pyrrole nitrogens is 1. The predicted octanol–water partition coefficient (Wildman–Crippen LogP) is 2.82. The zero-order valence-electron chi connectivity index (χ0n) is 13.9. The highest BCUT2D eigenvalue weighted by Gasteiger charge is 2.20. The zero-order valence-corrected chi connectivity index (χ0v) is 13.9. The van der Waals surface area contributed by atoms with Crippen molar-refractivity contribution in [2.24, 2.45) is 0 Å². The van der Waals surface area contributed by atoms with Gasteiger partial charge < -0.3 is 15.0 Å². The maximum atomic E-state index is 12.0. The number of nitrogens with one attached hydrogen (secondary N) is 2. The Kier molecular flexibility index (Phi) is 3.93. The molecule has 1 aliphatic heterocycles. The van der Waals surface area contributed by atoms with Crippen LogP contribution in [0.1, 0.15) is 23.0 Å². The Bertz CT molecular complexity index is 933. The van der Waals surface area contributed by atoms with Crippen LogP contribution in [-0.2, 0) is 6.42 Å². The maximum absolute atomic E-state index is 12.0. The first-order valence-corrected chi connectivity index (χ1v) is 8.32. The molecule has 6 nitrogen and oxygen atoms in total. The molecule has 0 aliphatic carbocycles. The van der Waals surface area contributed by atoms with E-state index in [2.05, 4.69) is 20.3 Å². The van der Waals surface area contributed by atoms with E-state index in [9.17, 15) is 4.79 Å². The number of benzene rings is 1. The van der Waals surface area contributed by atoms with E-state index >= 15 is 0 Å². The Morgan fingerprint density at radius 1 is 1.20 bits per heavy atom. The summed E-state index contributed by atoms with van der Waals surface area (Å²) in [6, 6.07) is 11.4. The second-order valence-corrected chi connectivity index (χ2v) is 5.78. The topological polar surface area (TPSA) is 79.9 Å². The van der Waals surface area contributed by atoms with Gasteiger partial charge >= 0.3 is 0 Å². The second-order valence-electron chi connectivity index (χ2n) is 5.78. The summed E-state index contributed by atoms with van der Waals surface area (Å²) in [5, 5.41) is 2.85. The van der Waals surface area contributed by atoms with Gasteiger partial charge in [0.05, 0.1) is 29.1 Å². The van der Waals surface area contributed by atoms with Gasteiger partial charge in [-0.3, -0.25) is 4.79 Å². The van der Waals surface area contributed by atoms with Crippen molar-refractivity contribution in [1.29, 1.82) is 0 Å². The summed E-state index contributed by atoms with van der Waals surface area (Å²) in [5.74, 6) is 1.31. The van der Waals surface area contributed by atoms with Crippen molar-refractivity contribution >= 4 is 5.91 Å². The number of carbonyl (C=O) groups is 1. The van der Waals surface area contributed by atoms with Crippen LogP contribution in [0.2, 0.25) is 0 Å². The summed E-state index contributed by atoms with van der Waals surface area (Å²) in [7, 11) is 0. The number of amides is 1. The third-order valence-electron chi connectivity index (χ3n) is 4.16. The number of para-hydroxylation sites is 1. The number of hydrogen-bond acceptors (Lipinski definition) is 4. The third kappa shape index (κ3) is 2.87. The smallest absolute Gasteiger partial charge is 0.253 e. The van der Waals surface area contributed by atoms with E-state index in [4.69, 9.17) is 4.74 Å². The van der Waals surface area contributed by atoms with E-state index in [1.807, 2.05) is 43.3 Å². The molecule has 25 heavy (non-hydrogen) atoms. The summed E-state index contributed by atoms with van der Waals surface area (Å²) >= 11 is 0. The molecule has 2 N–H and O–H groups in total. The molecule has 0 unspecified atom stereocenters. The lowest BCUT2D eigenvalue weighted by Gasteiger charge is -2.11. The van der Waals surface area contributed by atoms with Gasteiger partial charge in [0.25, 0.3) is 5.91 Å². The van der Waals surface area contributed by atoms with E-state index in [-0.39, 0.29) is 5.91 Å². The normalized spacial score (nSPS) is 13.2. The van der Waals surface area contributed by atoms with Gasteiger partial charge in [0, 0.05) is 24.9 Å². The predicted molar refractivity (Wildman–Crippen MR) is 94.5 cm³/mol. The van der Waals surface area contributed by atoms with Crippen LogP contribution in [0, 0.1) is 0 Å². The average Bonchev–Trinajstić information content (AvgIpc) is 3.08. The SMILES string of the molecule is CCOc1ccccc1-c1nccc(-c2cc3c([nH]2)CCNC3=O)n1. The monoisotopic (exact) mass is 334 g/mol. The minimum Gasteiger partial charge on any atom is -0.493 e. The molecule has 0 saturated carbocycles. The summed E-state index contributed by atoms with van der Waals surface area (Å²) < 4.78 is 5.68. The first-order valence-electron chi connectivity index (χ1n) is 8.32. The average molecular weight is 334 g/mol. The molecular weight excluding hydrogens is 316 g/mol. The van der Waals surface area contributed by atoms with Gasteiger partial charge in [-0.15, -0.1) is 0 Å². The molecule has 3 aromatic rings. The number of fused-ring (bicyclic) bond motifs is 1. The summed E-state index contributed by atoms with van der Waals surface area (Å²) in [4.78, 5) is 24.3. The molecule has 0 saturated heterocycles. The van der Waals surface area contributed by atoms with Crippen LogP contribution >= 0.6 is 0 Å². The van der Waals surface area contributed by atoms with Crippen molar-refractivity contribution in [2.75, 3.05) is 13.2 Å². The van der Waals surface area contributed by atoms with Crippen molar-refractivity contribution in [1.82, 2.24) is 20.3 Å². The Balaban J connectivity index is 1.75. The van der Waals surface area contributed by atoms with Gasteiger partial charge in [-0.25, -0.2) is 9.97 Å². The van der Waals surface area contributed by atoms with E-state index < -0.39 is 0 Å². The Labute approximate surface area is 145 Å². The number of ether oxygens (including phenoxy) is 1. The fourth-order valence-corrected chi connectivity index (χ4v) is 3.00. The molecule has 1 amide bonds. The van der Waals surface area contributed by atoms with E-state index in [1.54, 1.807) is 6.20 Å². The lowest BCUT2D eigenvalue weighted by molar-refractivity contribution is 0.0946. The maximum Gasteiger partial charge on any atom is 0.253 e. The molecule has 4 rings (SSSR count). The number of hydrogen-bond donors (Lipinski definition) is 2. The zero-order chi connectivity index (χ0) is 17.2. The van der Waals surface area contributed by atoms with Crippen LogP contribution < -0.4 is 10.1 Å². The molecule has 3 heterocycles. The van der Waals surface area contributed by atoms with Crippen molar-refractivity contribution < 1.29 is 9.53 Å². The van der Waals surface area contributed by atoms with Crippen LogP contribution in [0.4, 0.5) is 0 Å². The van der Waals surface area contributed by atoms with Gasteiger partial charge in [-0.2, -0.15) is 0 Å². The largest absolute Gasteiger partial charge is 0.493 e. The van der Waals surface area contributed by atoms with Crippen molar-refractivity contribution in [3.8, 4) is 28.5 Å². The fraction of sp³-hybridized carbons (Fsp3) is 0.211. The number of nitrogens with zero attached hydrogens (tertiary/aromatic N) is 2. The molecule has 2 aromatic heterocycles. The van der Waals surface area contributed by atoms with Crippen molar-refractivity contribution in [3.05, 3.63) is 53.9 Å². The first-order chi connectivity index (χ1) is 12.3. The number of aromatic nitrogens is 3. The quantitative estimate of drug-likeness (QED) is 0.769. The van der Waals surface area contributed by atoms with Crippen LogP contribution in [-0.4, -0.2) is 34.0 Å². The Morgan fingerprint density at radius 3 is 2.92 bits per heavy atom. The van der Waals surface area contributed by atoms with Crippen LogP contribution in [0.5, 0.6) is 5.75 Å². The molecule has 0 atom stereocenters. The highest BCUT2D eigenvalue weighted by molar-refractivity contribution is 5.97. The molecule has 0 spiro atoms. The molecule has 1 aliphatic rings. The second kappa shape index (κ2) is 6.39. The van der Waals surface area contributed by atoms with Gasteiger partial charge in [-0.05, 0) is 31.2 Å². The molecular formula is C19H18N4O2. The van der Waals surface area contributed by atoms with Crippen LogP contribution in [0.15, 0.2) is 42.6 Å². The van der Waals surface area contributed by atoms with Crippen LogP contribution in [0.25, 0.3) is 22.8 Å². The number of carbonyl (C=O) groups excluding carboxylic acids is 1. The lowest BCUT2D eigenvalue weighted by Crippen LogP contribution is -2.31. The van der Waals surface area contributed by atoms with E-state index in [0.29, 0.717) is 24.5 Å². The van der Waals surface area contributed by atoms with Crippen molar-refractivity contribution in [3.63, 3.8) is 0 Å². The van der Waals surface area contributed by atoms with E-state index in [1.165, 1.54) is 0 Å². The molecule has 0 fully saturated rings. The number of aromatic amines is 1. The minimum absolute atomic E-state index is 0.0419. The fourth-order valence-electron chi connectivity index (χ4n) is 3.00. The highest BCUT2D eigenvalue weighted by atomic mass is 16.5. The molecule has 0 radical (unpaired) electrons. The first kappa shape index (κ1) is 15.4. The van der Waals surface area contributed by atoms with Gasteiger partial charge in [0.1, 0.15) is 5.75 Å². The van der Waals surface area contributed by atoms with E-state index in [0.717, 1.165) is 34.8 Å². The van der Waals surface area contributed by atoms with Gasteiger partial charge in [0.2, 0.25) is 0 Å². The Morgan fingerprint density at radius 2 is 2.08 bits per heavy atom. The Hall–Kier alpha value is -3.15. The molecule has 0 bridgehead atoms. The highest BCUT2D eigenvalue weighted by Crippen LogP contribution is 2.29. The van der Waals surface area contributed by atoms with Gasteiger partial charge in [0.15, 0.2) is 5.82 Å². The molecule has 126 valence electrons. The summed E-state index contributed by atoms with van der Waals surface area (Å²) in [6.45, 7) is 3.18.